The number of benzene rings is 1. The number of aryl methyl sites for hydroxylation is 1. The van der Waals surface area contributed by atoms with Crippen LogP contribution in [0.25, 0.3) is 11.2 Å². The number of imidazole rings is 1. The minimum atomic E-state index is -4.65. The molecule has 4 aromatic rings. The molecule has 0 unspecified atom stereocenters. The van der Waals surface area contributed by atoms with E-state index in [9.17, 15) is 23.1 Å². The Morgan fingerprint density at radius 1 is 1.18 bits per heavy atom. The molecule has 3 aromatic heterocycles. The highest BCUT2D eigenvalue weighted by Crippen LogP contribution is 2.37. The molecule has 0 saturated carbocycles. The molecule has 0 bridgehead atoms. The number of hydrogen-bond acceptors (Lipinski definition) is 6. The Hall–Kier alpha value is -3.48. The van der Waals surface area contributed by atoms with Gasteiger partial charge in [-0.15, -0.1) is 10.2 Å². The van der Waals surface area contributed by atoms with Crippen molar-refractivity contribution in [3.63, 3.8) is 0 Å². The summed E-state index contributed by atoms with van der Waals surface area (Å²) in [6, 6.07) is 8.42. The van der Waals surface area contributed by atoms with E-state index in [1.165, 1.54) is 17.0 Å². The molecule has 1 atom stereocenters. The molecule has 5 heterocycles. The van der Waals surface area contributed by atoms with Gasteiger partial charge in [0.05, 0.1) is 36.1 Å². The molecular formula is C28H31F3N6O3. The van der Waals surface area contributed by atoms with Crippen LogP contribution in [0.4, 0.5) is 13.2 Å². The van der Waals surface area contributed by atoms with Gasteiger partial charge in [0.25, 0.3) is 0 Å². The Kier molecular flexibility index (Phi) is 6.79. The van der Waals surface area contributed by atoms with Gasteiger partial charge < -0.3 is 14.4 Å². The predicted molar refractivity (Wildman–Crippen MR) is 140 cm³/mol. The summed E-state index contributed by atoms with van der Waals surface area (Å²) >= 11 is 0. The first kappa shape index (κ1) is 26.7. The van der Waals surface area contributed by atoms with E-state index in [2.05, 4.69) is 10.2 Å². The topological polar surface area (TPSA) is 89.8 Å². The average molecular weight is 557 g/mol. The monoisotopic (exact) mass is 556 g/mol. The highest BCUT2D eigenvalue weighted by Gasteiger charge is 2.42. The lowest BCUT2D eigenvalue weighted by atomic mass is 9.75. The fourth-order valence-corrected chi connectivity index (χ4v) is 5.82. The largest absolute Gasteiger partial charge is 0.418 e. The van der Waals surface area contributed by atoms with Gasteiger partial charge in [-0.1, -0.05) is 12.1 Å². The third-order valence-electron chi connectivity index (χ3n) is 8.06. The van der Waals surface area contributed by atoms with Crippen molar-refractivity contribution in [2.24, 2.45) is 7.05 Å². The van der Waals surface area contributed by atoms with Crippen molar-refractivity contribution in [2.45, 2.75) is 49.9 Å². The first-order chi connectivity index (χ1) is 19.1. The van der Waals surface area contributed by atoms with E-state index >= 15 is 0 Å². The molecule has 40 heavy (non-hydrogen) atoms. The number of likely N-dealkylation sites (tertiary alicyclic amines) is 1. The van der Waals surface area contributed by atoms with Crippen LogP contribution in [0, 0.1) is 0 Å². The van der Waals surface area contributed by atoms with E-state index < -0.39 is 23.5 Å². The van der Waals surface area contributed by atoms with Crippen LogP contribution >= 0.6 is 0 Å². The number of aliphatic hydroxyl groups excluding tert-OH is 1. The van der Waals surface area contributed by atoms with Crippen LogP contribution in [0.2, 0.25) is 0 Å². The molecule has 6 rings (SSSR count). The number of nitrogens with zero attached hydrogens (tertiary/aromatic N) is 6. The lowest BCUT2D eigenvalue weighted by molar-refractivity contribution is -0.136. The second kappa shape index (κ2) is 10.2. The average Bonchev–Trinajstić information content (AvgIpc) is 3.37. The van der Waals surface area contributed by atoms with Crippen molar-refractivity contribution in [1.29, 1.82) is 0 Å². The van der Waals surface area contributed by atoms with Crippen LogP contribution in [0.1, 0.15) is 41.8 Å². The molecule has 9 nitrogen and oxygen atoms in total. The van der Waals surface area contributed by atoms with Crippen LogP contribution in [0.3, 0.4) is 0 Å². The number of hydrogen-bond donors (Lipinski definition) is 1. The predicted octanol–water partition coefficient (Wildman–Crippen LogP) is 3.10. The van der Waals surface area contributed by atoms with Gasteiger partial charge in [0.1, 0.15) is 12.2 Å². The van der Waals surface area contributed by atoms with Crippen LogP contribution in [-0.2, 0) is 36.3 Å². The van der Waals surface area contributed by atoms with Crippen LogP contribution in [0.15, 0.2) is 53.8 Å². The number of pyridine rings is 1. The maximum atomic E-state index is 14.2. The number of ether oxygens (including phenoxy) is 1. The first-order valence-corrected chi connectivity index (χ1v) is 13.4. The van der Waals surface area contributed by atoms with Gasteiger partial charge in [-0.3, -0.25) is 13.9 Å². The molecule has 1 N–H and O–H groups in total. The fourth-order valence-electron chi connectivity index (χ4n) is 5.82. The third-order valence-corrected chi connectivity index (χ3v) is 8.06. The number of fused-ring (bicyclic) bond motifs is 1. The summed E-state index contributed by atoms with van der Waals surface area (Å²) < 4.78 is 52.4. The van der Waals surface area contributed by atoms with Gasteiger partial charge in [-0.25, -0.2) is 4.79 Å². The summed E-state index contributed by atoms with van der Waals surface area (Å²) in [5.41, 5.74) is -0.262. The zero-order chi connectivity index (χ0) is 28.1. The molecule has 0 radical (unpaired) electrons. The minimum Gasteiger partial charge on any atom is -0.392 e. The quantitative estimate of drug-likeness (QED) is 0.393. The third kappa shape index (κ3) is 4.95. The highest BCUT2D eigenvalue weighted by atomic mass is 19.4. The fraction of sp³-hybridized carbons (Fsp3) is 0.464. The smallest absolute Gasteiger partial charge is 0.392 e. The van der Waals surface area contributed by atoms with Gasteiger partial charge in [-0.05, 0) is 55.1 Å². The Morgan fingerprint density at radius 3 is 2.70 bits per heavy atom. The Bertz CT molecular complexity index is 1590. The normalized spacial score (nSPS) is 20.0. The van der Waals surface area contributed by atoms with E-state index in [4.69, 9.17) is 4.74 Å². The van der Waals surface area contributed by atoms with E-state index in [1.54, 1.807) is 18.5 Å². The van der Waals surface area contributed by atoms with E-state index in [0.717, 1.165) is 34.7 Å². The zero-order valence-corrected chi connectivity index (χ0v) is 22.1. The molecular weight excluding hydrogens is 525 g/mol. The lowest BCUT2D eigenvalue weighted by Gasteiger charge is -2.41. The molecule has 212 valence electrons. The number of rotatable bonds is 6. The highest BCUT2D eigenvalue weighted by molar-refractivity contribution is 5.58. The van der Waals surface area contributed by atoms with Crippen LogP contribution in [0.5, 0.6) is 0 Å². The van der Waals surface area contributed by atoms with Crippen molar-refractivity contribution >= 4 is 5.52 Å². The summed E-state index contributed by atoms with van der Waals surface area (Å²) in [6.45, 7) is 2.21. The molecule has 0 amide bonds. The second-order valence-corrected chi connectivity index (χ2v) is 11.0. The molecule has 0 spiro atoms. The Morgan fingerprint density at radius 2 is 2.00 bits per heavy atom. The minimum absolute atomic E-state index is 0.205. The van der Waals surface area contributed by atoms with Gasteiger partial charge in [0.2, 0.25) is 0 Å². The van der Waals surface area contributed by atoms with Crippen LogP contribution in [-0.4, -0.2) is 66.1 Å². The maximum absolute atomic E-state index is 14.2. The van der Waals surface area contributed by atoms with E-state index in [-0.39, 0.29) is 17.5 Å². The zero-order valence-electron chi connectivity index (χ0n) is 22.1. The Balaban J connectivity index is 1.39. The van der Waals surface area contributed by atoms with Crippen molar-refractivity contribution < 1.29 is 23.0 Å². The summed E-state index contributed by atoms with van der Waals surface area (Å²) in [7, 11) is 1.87. The summed E-state index contributed by atoms with van der Waals surface area (Å²) in [5, 5.41) is 18.3. The van der Waals surface area contributed by atoms with Crippen molar-refractivity contribution in [3.8, 4) is 5.69 Å². The number of alkyl halides is 3. The maximum Gasteiger partial charge on any atom is 0.418 e. The number of β-amino-alcohol motifs (C(OH)–C–C–N with tert-alkyl or cyclic N) is 1. The molecule has 2 aliphatic heterocycles. The number of aliphatic hydroxyl groups is 1. The lowest BCUT2D eigenvalue weighted by Crippen LogP contribution is -2.49. The molecule has 2 fully saturated rings. The molecule has 2 aliphatic rings. The SMILES string of the molecule is Cn1cnnc1CC1(c2cccc(-n3cc4c(C(F)(F)F)cc(CN5CCCC[C@H](O)C5)cn4c3=O)c2)COC1. The van der Waals surface area contributed by atoms with Crippen LogP contribution < -0.4 is 5.69 Å². The van der Waals surface area contributed by atoms with Gasteiger partial charge in [-0.2, -0.15) is 13.2 Å². The number of aromatic nitrogens is 5. The number of halogens is 3. The van der Waals surface area contributed by atoms with Gasteiger partial charge in [0, 0.05) is 44.4 Å². The van der Waals surface area contributed by atoms with E-state index in [1.807, 2.05) is 28.6 Å². The van der Waals surface area contributed by atoms with Crippen molar-refractivity contribution in [1.82, 2.24) is 28.6 Å². The standard InChI is InChI=1S/C28H31F3N6O3/c1-34-18-32-33-25(34)11-27(16-40-17-27)20-5-4-6-21(10-20)36-15-24-23(28(29,30)31)9-19(13-37(24)26(36)39)12-35-8-3-2-7-22(38)14-35/h4-6,9-10,13,15,18,22,38H,2-3,7-8,11-12,14,16-17H2,1H3/t22-/m0/s1. The Labute approximate surface area is 228 Å². The molecule has 12 heteroatoms. The first-order valence-electron chi connectivity index (χ1n) is 13.4. The summed E-state index contributed by atoms with van der Waals surface area (Å²) in [6.07, 6.45) is 2.21. The second-order valence-electron chi connectivity index (χ2n) is 11.0. The van der Waals surface area contributed by atoms with Crippen molar-refractivity contribution in [2.75, 3.05) is 26.3 Å². The van der Waals surface area contributed by atoms with Crippen molar-refractivity contribution in [3.05, 3.63) is 82.1 Å². The summed E-state index contributed by atoms with van der Waals surface area (Å²) in [4.78, 5) is 15.5. The van der Waals surface area contributed by atoms with Gasteiger partial charge in [0.15, 0.2) is 0 Å². The summed E-state index contributed by atoms with van der Waals surface area (Å²) in [5.74, 6) is 0.791. The molecule has 2 saturated heterocycles. The molecule has 0 aliphatic carbocycles. The van der Waals surface area contributed by atoms with E-state index in [0.29, 0.717) is 50.4 Å². The van der Waals surface area contributed by atoms with Gasteiger partial charge >= 0.3 is 11.9 Å². The molecule has 1 aromatic carbocycles.